The molecular weight excluding hydrogens is 336 g/mol. The number of benzene rings is 2. The molecule has 2 aromatic carbocycles. The van der Waals surface area contributed by atoms with Gasteiger partial charge in [0, 0.05) is 28.9 Å². The number of nitro groups is 1. The zero-order valence-electron chi connectivity index (χ0n) is 13.0. The van der Waals surface area contributed by atoms with Gasteiger partial charge in [0.25, 0.3) is 11.6 Å². The average Bonchev–Trinajstić information content (AvgIpc) is 2.55. The van der Waals surface area contributed by atoms with Crippen LogP contribution >= 0.6 is 0 Å². The lowest BCUT2D eigenvalue weighted by Crippen LogP contribution is -2.32. The van der Waals surface area contributed by atoms with E-state index >= 15 is 0 Å². The summed E-state index contributed by atoms with van der Waals surface area (Å²) in [7, 11) is 0. The summed E-state index contributed by atoms with van der Waals surface area (Å²) in [5.74, 6) is -3.39. The van der Waals surface area contributed by atoms with E-state index in [1.165, 1.54) is 31.2 Å². The molecule has 7 nitrogen and oxygen atoms in total. The van der Waals surface area contributed by atoms with E-state index in [4.69, 9.17) is 0 Å². The van der Waals surface area contributed by atoms with Gasteiger partial charge in [-0.25, -0.2) is 8.78 Å². The molecular formula is C16H13F2N3O4. The second-order valence-corrected chi connectivity index (χ2v) is 5.12. The zero-order valence-corrected chi connectivity index (χ0v) is 13.0. The minimum Gasteiger partial charge on any atom is -0.343 e. The quantitative estimate of drug-likeness (QED) is 0.640. The molecule has 2 N–H and O–H groups in total. The number of hydrogen-bond donors (Lipinski definition) is 2. The van der Waals surface area contributed by atoms with Crippen LogP contribution in [0.3, 0.4) is 0 Å². The third-order valence-corrected chi connectivity index (χ3v) is 3.27. The lowest BCUT2D eigenvalue weighted by Gasteiger charge is -2.08. The number of rotatable bonds is 5. The van der Waals surface area contributed by atoms with Crippen molar-refractivity contribution >= 4 is 23.2 Å². The van der Waals surface area contributed by atoms with E-state index in [1.54, 1.807) is 0 Å². The van der Waals surface area contributed by atoms with Crippen molar-refractivity contribution in [2.75, 3.05) is 11.9 Å². The summed E-state index contributed by atoms with van der Waals surface area (Å²) in [6.07, 6.45) is 0. The molecule has 0 aliphatic rings. The van der Waals surface area contributed by atoms with E-state index in [9.17, 15) is 28.5 Å². The summed E-state index contributed by atoms with van der Waals surface area (Å²) in [5, 5.41) is 15.4. The average molecular weight is 349 g/mol. The predicted octanol–water partition coefficient (Wildman–Crippen LogP) is 2.55. The number of carbonyl (C=O) groups is 2. The molecule has 0 heterocycles. The van der Waals surface area contributed by atoms with Crippen LogP contribution in [-0.2, 0) is 4.79 Å². The highest BCUT2D eigenvalue weighted by molar-refractivity contribution is 5.99. The molecule has 130 valence electrons. The minimum absolute atomic E-state index is 0.0457. The van der Waals surface area contributed by atoms with Gasteiger partial charge in [-0.3, -0.25) is 19.7 Å². The molecule has 2 rings (SSSR count). The van der Waals surface area contributed by atoms with Crippen molar-refractivity contribution in [2.45, 2.75) is 6.92 Å². The Morgan fingerprint density at radius 1 is 1.12 bits per heavy atom. The molecule has 0 fully saturated rings. The summed E-state index contributed by atoms with van der Waals surface area (Å²) in [4.78, 5) is 33.9. The number of anilines is 1. The molecule has 2 aromatic rings. The second kappa shape index (κ2) is 7.47. The molecule has 0 aromatic heterocycles. The van der Waals surface area contributed by atoms with E-state index < -0.39 is 34.9 Å². The highest BCUT2D eigenvalue weighted by Crippen LogP contribution is 2.18. The third-order valence-electron chi connectivity index (χ3n) is 3.27. The van der Waals surface area contributed by atoms with Crippen LogP contribution in [0.1, 0.15) is 15.9 Å². The van der Waals surface area contributed by atoms with Gasteiger partial charge < -0.3 is 10.6 Å². The zero-order chi connectivity index (χ0) is 18.6. The fraction of sp³-hybridized carbons (Fsp3) is 0.125. The van der Waals surface area contributed by atoms with Crippen LogP contribution < -0.4 is 10.6 Å². The second-order valence-electron chi connectivity index (χ2n) is 5.12. The summed E-state index contributed by atoms with van der Waals surface area (Å²) in [5.41, 5.74) is 0.393. The maximum Gasteiger partial charge on any atom is 0.272 e. The first-order chi connectivity index (χ1) is 11.8. The Labute approximate surface area is 140 Å². The number of carbonyl (C=O) groups excluding carboxylic acids is 2. The van der Waals surface area contributed by atoms with Crippen LogP contribution in [0.25, 0.3) is 0 Å². The first kappa shape index (κ1) is 18.0. The Hall–Kier alpha value is -3.36. The van der Waals surface area contributed by atoms with Gasteiger partial charge >= 0.3 is 0 Å². The molecule has 0 radical (unpaired) electrons. The normalized spacial score (nSPS) is 10.2. The monoisotopic (exact) mass is 349 g/mol. The SMILES string of the molecule is Cc1cc(C(=O)NCC(=O)Nc2ccc(F)c(F)c2)ccc1[N+](=O)[O-]. The Morgan fingerprint density at radius 2 is 1.84 bits per heavy atom. The summed E-state index contributed by atoms with van der Waals surface area (Å²) in [6.45, 7) is 1.08. The van der Waals surface area contributed by atoms with Gasteiger partial charge in [-0.05, 0) is 31.2 Å². The van der Waals surface area contributed by atoms with Crippen molar-refractivity contribution in [3.05, 3.63) is 69.3 Å². The van der Waals surface area contributed by atoms with Crippen molar-refractivity contribution in [1.82, 2.24) is 5.32 Å². The highest BCUT2D eigenvalue weighted by atomic mass is 19.2. The lowest BCUT2D eigenvalue weighted by molar-refractivity contribution is -0.385. The number of nitrogens with zero attached hydrogens (tertiary/aromatic N) is 1. The van der Waals surface area contributed by atoms with Gasteiger partial charge in [-0.1, -0.05) is 0 Å². The first-order valence-corrected chi connectivity index (χ1v) is 7.06. The largest absolute Gasteiger partial charge is 0.343 e. The fourth-order valence-electron chi connectivity index (χ4n) is 2.04. The molecule has 0 unspecified atom stereocenters. The van der Waals surface area contributed by atoms with Crippen LogP contribution in [0.5, 0.6) is 0 Å². The van der Waals surface area contributed by atoms with Crippen molar-refractivity contribution in [3.63, 3.8) is 0 Å². The molecule has 9 heteroatoms. The van der Waals surface area contributed by atoms with Crippen molar-refractivity contribution < 1.29 is 23.3 Å². The van der Waals surface area contributed by atoms with Gasteiger partial charge in [-0.15, -0.1) is 0 Å². The van der Waals surface area contributed by atoms with Crippen molar-refractivity contribution in [3.8, 4) is 0 Å². The Balaban J connectivity index is 1.95. The van der Waals surface area contributed by atoms with E-state index in [1.807, 2.05) is 0 Å². The summed E-state index contributed by atoms with van der Waals surface area (Å²) < 4.78 is 25.9. The van der Waals surface area contributed by atoms with E-state index in [0.717, 1.165) is 12.1 Å². The number of amides is 2. The smallest absolute Gasteiger partial charge is 0.272 e. The topological polar surface area (TPSA) is 101 Å². The molecule has 0 atom stereocenters. The maximum absolute atomic E-state index is 13.0. The third kappa shape index (κ3) is 4.56. The first-order valence-electron chi connectivity index (χ1n) is 7.06. The summed E-state index contributed by atoms with van der Waals surface area (Å²) in [6, 6.07) is 6.66. The summed E-state index contributed by atoms with van der Waals surface area (Å²) >= 11 is 0. The van der Waals surface area contributed by atoms with Crippen LogP contribution in [0, 0.1) is 28.7 Å². The van der Waals surface area contributed by atoms with Crippen LogP contribution in [-0.4, -0.2) is 23.3 Å². The van der Waals surface area contributed by atoms with Gasteiger partial charge in [0.2, 0.25) is 5.91 Å². The number of nitrogens with one attached hydrogen (secondary N) is 2. The number of nitro benzene ring substituents is 1. The predicted molar refractivity (Wildman–Crippen MR) is 85.2 cm³/mol. The number of aryl methyl sites for hydroxylation is 1. The molecule has 0 aliphatic heterocycles. The molecule has 0 bridgehead atoms. The van der Waals surface area contributed by atoms with Gasteiger partial charge in [0.05, 0.1) is 11.5 Å². The maximum atomic E-state index is 13.0. The lowest BCUT2D eigenvalue weighted by atomic mass is 10.1. The molecule has 0 aliphatic carbocycles. The number of halogens is 2. The van der Waals surface area contributed by atoms with E-state index in [2.05, 4.69) is 10.6 Å². The molecule has 0 spiro atoms. The molecule has 25 heavy (non-hydrogen) atoms. The van der Waals surface area contributed by atoms with Crippen LogP contribution in [0.15, 0.2) is 36.4 Å². The minimum atomic E-state index is -1.11. The van der Waals surface area contributed by atoms with Crippen LogP contribution in [0.4, 0.5) is 20.2 Å². The van der Waals surface area contributed by atoms with Crippen molar-refractivity contribution in [1.29, 1.82) is 0 Å². The molecule has 0 saturated carbocycles. The highest BCUT2D eigenvalue weighted by Gasteiger charge is 2.14. The van der Waals surface area contributed by atoms with Crippen LogP contribution in [0.2, 0.25) is 0 Å². The Kier molecular flexibility index (Phi) is 5.38. The van der Waals surface area contributed by atoms with Gasteiger partial charge in [0.15, 0.2) is 11.6 Å². The Morgan fingerprint density at radius 3 is 2.44 bits per heavy atom. The molecule has 0 saturated heterocycles. The standard InChI is InChI=1S/C16H13F2N3O4/c1-9-6-10(2-5-14(9)21(24)25)16(23)19-8-15(22)20-11-3-4-12(17)13(18)7-11/h2-7H,8H2,1H3,(H,19,23)(H,20,22). The number of hydrogen-bond acceptors (Lipinski definition) is 4. The van der Waals surface area contributed by atoms with Gasteiger partial charge in [-0.2, -0.15) is 0 Å². The molecule has 2 amide bonds. The fourth-order valence-corrected chi connectivity index (χ4v) is 2.04. The van der Waals surface area contributed by atoms with E-state index in [-0.39, 0.29) is 16.9 Å². The van der Waals surface area contributed by atoms with Gasteiger partial charge in [0.1, 0.15) is 0 Å². The van der Waals surface area contributed by atoms with E-state index in [0.29, 0.717) is 5.56 Å². The van der Waals surface area contributed by atoms with Crippen molar-refractivity contribution in [2.24, 2.45) is 0 Å². The Bertz CT molecular complexity index is 855.